The molecule has 0 radical (unpaired) electrons. The predicted octanol–water partition coefficient (Wildman–Crippen LogP) is 2.06. The van der Waals surface area contributed by atoms with E-state index in [9.17, 15) is 4.39 Å². The standard InChI is InChI=1S/C10H12FN3O/c11-3-4-14-8-9(6-13-14)12-7-10-2-1-5-15-10/h1-2,5-6,8,12H,3-4,7H2. The Hall–Kier alpha value is -1.78. The molecular weight excluding hydrogens is 197 g/mol. The molecule has 0 amide bonds. The molecule has 2 rings (SSSR count). The Balaban J connectivity index is 1.88. The summed E-state index contributed by atoms with van der Waals surface area (Å²) in [7, 11) is 0. The molecule has 5 heteroatoms. The summed E-state index contributed by atoms with van der Waals surface area (Å²) in [5.41, 5.74) is 0.861. The van der Waals surface area contributed by atoms with Gasteiger partial charge in [0, 0.05) is 6.20 Å². The third kappa shape index (κ3) is 2.59. The number of nitrogens with one attached hydrogen (secondary N) is 1. The molecule has 0 saturated heterocycles. The van der Waals surface area contributed by atoms with Crippen LogP contribution in [0.5, 0.6) is 0 Å². The van der Waals surface area contributed by atoms with Crippen molar-refractivity contribution in [2.45, 2.75) is 13.1 Å². The van der Waals surface area contributed by atoms with Gasteiger partial charge in [0.25, 0.3) is 0 Å². The Morgan fingerprint density at radius 2 is 2.47 bits per heavy atom. The summed E-state index contributed by atoms with van der Waals surface area (Å²) < 4.78 is 18.7. The van der Waals surface area contributed by atoms with Crippen LogP contribution in [0.15, 0.2) is 35.2 Å². The molecular formula is C10H12FN3O. The van der Waals surface area contributed by atoms with Crippen molar-refractivity contribution in [3.05, 3.63) is 36.5 Å². The highest BCUT2D eigenvalue weighted by Crippen LogP contribution is 2.08. The zero-order valence-electron chi connectivity index (χ0n) is 8.19. The largest absolute Gasteiger partial charge is 0.467 e. The second-order valence-electron chi connectivity index (χ2n) is 3.11. The number of hydrogen-bond acceptors (Lipinski definition) is 3. The lowest BCUT2D eigenvalue weighted by atomic mass is 10.4. The molecule has 0 unspecified atom stereocenters. The van der Waals surface area contributed by atoms with Crippen molar-refractivity contribution >= 4 is 5.69 Å². The van der Waals surface area contributed by atoms with Gasteiger partial charge in [0.05, 0.1) is 31.2 Å². The summed E-state index contributed by atoms with van der Waals surface area (Å²) in [5.74, 6) is 0.855. The first-order chi connectivity index (χ1) is 7.38. The first kappa shape index (κ1) is 9.76. The number of hydrogen-bond donors (Lipinski definition) is 1. The third-order valence-electron chi connectivity index (χ3n) is 1.99. The van der Waals surface area contributed by atoms with E-state index in [2.05, 4.69) is 10.4 Å². The lowest BCUT2D eigenvalue weighted by molar-refractivity contribution is 0.427. The smallest absolute Gasteiger partial charge is 0.122 e. The summed E-state index contributed by atoms with van der Waals surface area (Å²) in [6.45, 7) is 0.496. The van der Waals surface area contributed by atoms with Crippen molar-refractivity contribution in [2.24, 2.45) is 0 Å². The van der Waals surface area contributed by atoms with E-state index in [1.165, 1.54) is 0 Å². The molecule has 2 aromatic heterocycles. The third-order valence-corrected chi connectivity index (χ3v) is 1.99. The summed E-state index contributed by atoms with van der Waals surface area (Å²) in [6, 6.07) is 3.72. The van der Waals surface area contributed by atoms with Gasteiger partial charge in [-0.15, -0.1) is 0 Å². The Labute approximate surface area is 86.7 Å². The molecule has 1 N–H and O–H groups in total. The maximum absolute atomic E-state index is 12.0. The number of alkyl halides is 1. The second kappa shape index (κ2) is 4.63. The quantitative estimate of drug-likeness (QED) is 0.819. The number of rotatable bonds is 5. The summed E-state index contributed by atoms with van der Waals surface area (Å²) >= 11 is 0. The molecule has 0 bridgehead atoms. The molecule has 0 aliphatic rings. The Kier molecular flexibility index (Phi) is 3.02. The zero-order chi connectivity index (χ0) is 10.5. The fraction of sp³-hybridized carbons (Fsp3) is 0.300. The molecule has 0 fully saturated rings. The highest BCUT2D eigenvalue weighted by atomic mass is 19.1. The van der Waals surface area contributed by atoms with Crippen LogP contribution >= 0.6 is 0 Å². The highest BCUT2D eigenvalue weighted by Gasteiger charge is 1.99. The maximum Gasteiger partial charge on any atom is 0.122 e. The van der Waals surface area contributed by atoms with Gasteiger partial charge in [0.15, 0.2) is 0 Å². The van der Waals surface area contributed by atoms with Crippen molar-refractivity contribution in [3.8, 4) is 0 Å². The zero-order valence-corrected chi connectivity index (χ0v) is 8.19. The van der Waals surface area contributed by atoms with Gasteiger partial charge in [-0.05, 0) is 12.1 Å². The van der Waals surface area contributed by atoms with E-state index in [1.807, 2.05) is 12.1 Å². The Bertz CT molecular complexity index is 396. The van der Waals surface area contributed by atoms with Crippen molar-refractivity contribution in [2.75, 3.05) is 12.0 Å². The fourth-order valence-corrected chi connectivity index (χ4v) is 1.27. The molecule has 0 spiro atoms. The minimum atomic E-state index is -0.403. The number of nitrogens with zero attached hydrogens (tertiary/aromatic N) is 2. The molecule has 4 nitrogen and oxygen atoms in total. The molecule has 0 aliphatic carbocycles. The van der Waals surface area contributed by atoms with Crippen LogP contribution in [0.1, 0.15) is 5.76 Å². The van der Waals surface area contributed by atoms with Gasteiger partial charge in [-0.25, -0.2) is 4.39 Å². The van der Waals surface area contributed by atoms with Crippen LogP contribution in [-0.4, -0.2) is 16.5 Å². The monoisotopic (exact) mass is 209 g/mol. The van der Waals surface area contributed by atoms with E-state index < -0.39 is 6.67 Å². The van der Waals surface area contributed by atoms with Gasteiger partial charge in [-0.1, -0.05) is 0 Å². The van der Waals surface area contributed by atoms with E-state index in [0.717, 1.165) is 11.4 Å². The summed E-state index contributed by atoms with van der Waals surface area (Å²) in [6.07, 6.45) is 5.06. The van der Waals surface area contributed by atoms with Crippen molar-refractivity contribution in [1.82, 2.24) is 9.78 Å². The fourth-order valence-electron chi connectivity index (χ4n) is 1.27. The average Bonchev–Trinajstić information content (AvgIpc) is 2.85. The SMILES string of the molecule is FCCn1cc(NCc2ccco2)cn1. The molecule has 2 heterocycles. The maximum atomic E-state index is 12.0. The summed E-state index contributed by atoms with van der Waals surface area (Å²) in [5, 5.41) is 7.12. The summed E-state index contributed by atoms with van der Waals surface area (Å²) in [4.78, 5) is 0. The second-order valence-corrected chi connectivity index (χ2v) is 3.11. The van der Waals surface area contributed by atoms with Gasteiger partial charge in [-0.2, -0.15) is 5.10 Å². The van der Waals surface area contributed by atoms with Gasteiger partial charge >= 0.3 is 0 Å². The topological polar surface area (TPSA) is 43.0 Å². The molecule has 0 atom stereocenters. The first-order valence-corrected chi connectivity index (χ1v) is 4.73. The molecule has 0 aliphatic heterocycles. The van der Waals surface area contributed by atoms with Gasteiger partial charge in [-0.3, -0.25) is 4.68 Å². The molecule has 15 heavy (non-hydrogen) atoms. The number of aromatic nitrogens is 2. The molecule has 0 saturated carbocycles. The van der Waals surface area contributed by atoms with Crippen LogP contribution in [-0.2, 0) is 13.1 Å². The van der Waals surface area contributed by atoms with Gasteiger partial charge in [0.1, 0.15) is 12.4 Å². The van der Waals surface area contributed by atoms with E-state index >= 15 is 0 Å². The van der Waals surface area contributed by atoms with Crippen LogP contribution in [0.2, 0.25) is 0 Å². The van der Waals surface area contributed by atoms with E-state index in [0.29, 0.717) is 13.1 Å². The molecule has 80 valence electrons. The van der Waals surface area contributed by atoms with Gasteiger partial charge < -0.3 is 9.73 Å². The van der Waals surface area contributed by atoms with Crippen LogP contribution in [0.4, 0.5) is 10.1 Å². The first-order valence-electron chi connectivity index (χ1n) is 4.73. The Morgan fingerprint density at radius 1 is 1.53 bits per heavy atom. The average molecular weight is 209 g/mol. The number of halogens is 1. The minimum Gasteiger partial charge on any atom is -0.467 e. The van der Waals surface area contributed by atoms with Crippen molar-refractivity contribution in [3.63, 3.8) is 0 Å². The van der Waals surface area contributed by atoms with Gasteiger partial charge in [0.2, 0.25) is 0 Å². The van der Waals surface area contributed by atoms with Crippen LogP contribution in [0.3, 0.4) is 0 Å². The normalized spacial score (nSPS) is 10.5. The highest BCUT2D eigenvalue weighted by molar-refractivity contribution is 5.38. The predicted molar refractivity (Wildman–Crippen MR) is 54.2 cm³/mol. The molecule has 2 aromatic rings. The minimum absolute atomic E-state index is 0.294. The molecule has 0 aromatic carbocycles. The van der Waals surface area contributed by atoms with Crippen LogP contribution < -0.4 is 5.32 Å². The number of aryl methyl sites for hydroxylation is 1. The van der Waals surface area contributed by atoms with Crippen molar-refractivity contribution in [1.29, 1.82) is 0 Å². The van der Waals surface area contributed by atoms with E-state index in [-0.39, 0.29) is 0 Å². The lowest BCUT2D eigenvalue weighted by Gasteiger charge is -1.99. The Morgan fingerprint density at radius 3 is 3.20 bits per heavy atom. The van der Waals surface area contributed by atoms with E-state index in [4.69, 9.17) is 4.42 Å². The number of furan rings is 1. The van der Waals surface area contributed by atoms with E-state index in [1.54, 1.807) is 23.3 Å². The van der Waals surface area contributed by atoms with Crippen LogP contribution in [0.25, 0.3) is 0 Å². The lowest BCUT2D eigenvalue weighted by Crippen LogP contribution is -1.99. The van der Waals surface area contributed by atoms with Crippen molar-refractivity contribution < 1.29 is 8.81 Å². The van der Waals surface area contributed by atoms with Crippen LogP contribution in [0, 0.1) is 0 Å². The number of anilines is 1.